The third-order valence-corrected chi connectivity index (χ3v) is 3.26. The Balaban J connectivity index is 2.17. The lowest BCUT2D eigenvalue weighted by molar-refractivity contribution is 0.394. The van der Waals surface area contributed by atoms with E-state index in [1.807, 2.05) is 4.90 Å². The Labute approximate surface area is 99.5 Å². The summed E-state index contributed by atoms with van der Waals surface area (Å²) in [5.74, 6) is 5.63. The molecule has 0 radical (unpaired) electrons. The summed E-state index contributed by atoms with van der Waals surface area (Å²) in [4.78, 5) is 1.98. The molecule has 2 aromatic rings. The van der Waals surface area contributed by atoms with Gasteiger partial charge in [0.05, 0.1) is 0 Å². The summed E-state index contributed by atoms with van der Waals surface area (Å²) < 4.78 is 0. The molecule has 17 heavy (non-hydrogen) atoms. The summed E-state index contributed by atoms with van der Waals surface area (Å²) in [5, 5.41) is 6.19. The maximum Gasteiger partial charge on any atom is 0.214 e. The molecule has 0 spiro atoms. The van der Waals surface area contributed by atoms with Crippen molar-refractivity contribution in [1.82, 2.24) is 4.90 Å². The van der Waals surface area contributed by atoms with Gasteiger partial charge in [0, 0.05) is 13.1 Å². The molecule has 0 fully saturated rings. The minimum absolute atomic E-state index is 0.386. The molecule has 1 aliphatic rings. The van der Waals surface area contributed by atoms with E-state index in [1.54, 1.807) is 0 Å². The molecule has 86 valence electrons. The Kier molecular flexibility index (Phi) is 2.14. The van der Waals surface area contributed by atoms with E-state index in [0.29, 0.717) is 5.96 Å². The molecule has 4 heteroatoms. The molecule has 3 rings (SSSR count). The molecule has 0 bridgehead atoms. The van der Waals surface area contributed by atoms with Gasteiger partial charge in [-0.25, -0.2) is 0 Å². The first-order valence-electron chi connectivity index (χ1n) is 5.57. The van der Waals surface area contributed by atoms with Crippen molar-refractivity contribution in [3.63, 3.8) is 0 Å². The molecular formula is C13H14N4. The van der Waals surface area contributed by atoms with Crippen LogP contribution in [0.25, 0.3) is 10.8 Å². The maximum atomic E-state index is 5.78. The predicted molar refractivity (Wildman–Crippen MR) is 69.0 cm³/mol. The van der Waals surface area contributed by atoms with Gasteiger partial charge < -0.3 is 16.5 Å². The van der Waals surface area contributed by atoms with Crippen molar-refractivity contribution in [3.8, 4) is 0 Å². The number of benzene rings is 2. The van der Waals surface area contributed by atoms with E-state index in [-0.39, 0.29) is 0 Å². The number of hydrazone groups is 1. The molecule has 1 aliphatic heterocycles. The maximum absolute atomic E-state index is 5.78. The molecule has 0 aliphatic carbocycles. The summed E-state index contributed by atoms with van der Waals surface area (Å²) in [6, 6.07) is 12.7. The largest absolute Gasteiger partial charge is 0.368 e. The average Bonchev–Trinajstić information content (AvgIpc) is 2.38. The smallest absolute Gasteiger partial charge is 0.214 e. The Morgan fingerprint density at radius 3 is 2.18 bits per heavy atom. The number of guanidine groups is 1. The molecule has 0 aromatic heterocycles. The lowest BCUT2D eigenvalue weighted by atomic mass is 9.95. The standard InChI is InChI=1S/C13H14N4/c14-13(16-15)17-7-10-5-1-3-9-4-2-6-11(8-17)12(9)10/h1-6H,7-8,15H2,(H2,14,16). The highest BCUT2D eigenvalue weighted by Crippen LogP contribution is 2.29. The van der Waals surface area contributed by atoms with Crippen LogP contribution in [-0.4, -0.2) is 10.9 Å². The summed E-state index contributed by atoms with van der Waals surface area (Å²) in [6.45, 7) is 1.53. The number of hydrogen-bond acceptors (Lipinski definition) is 2. The van der Waals surface area contributed by atoms with E-state index in [4.69, 9.17) is 11.6 Å². The van der Waals surface area contributed by atoms with E-state index in [2.05, 4.69) is 41.5 Å². The first kappa shape index (κ1) is 9.96. The second-order valence-corrected chi connectivity index (χ2v) is 4.28. The van der Waals surface area contributed by atoms with Crippen LogP contribution in [0.1, 0.15) is 11.1 Å². The highest BCUT2D eigenvalue weighted by Gasteiger charge is 2.19. The van der Waals surface area contributed by atoms with Gasteiger partial charge in [0.2, 0.25) is 5.96 Å². The highest BCUT2D eigenvalue weighted by molar-refractivity contribution is 5.91. The summed E-state index contributed by atoms with van der Waals surface area (Å²) in [6.07, 6.45) is 0. The van der Waals surface area contributed by atoms with Crippen LogP contribution in [0.4, 0.5) is 0 Å². The fraction of sp³-hybridized carbons (Fsp3) is 0.154. The normalized spacial score (nSPS) is 15.3. The molecule has 1 heterocycles. The first-order chi connectivity index (χ1) is 8.29. The Morgan fingerprint density at radius 2 is 1.65 bits per heavy atom. The van der Waals surface area contributed by atoms with Crippen LogP contribution in [-0.2, 0) is 13.1 Å². The molecular weight excluding hydrogens is 212 g/mol. The van der Waals surface area contributed by atoms with Gasteiger partial charge in [-0.3, -0.25) is 0 Å². The minimum Gasteiger partial charge on any atom is -0.368 e. The van der Waals surface area contributed by atoms with Crippen molar-refractivity contribution < 1.29 is 0 Å². The molecule has 0 atom stereocenters. The third kappa shape index (κ3) is 1.49. The van der Waals surface area contributed by atoms with Crippen LogP contribution in [0.15, 0.2) is 41.5 Å². The van der Waals surface area contributed by atoms with Crippen molar-refractivity contribution in [2.45, 2.75) is 13.1 Å². The average molecular weight is 226 g/mol. The van der Waals surface area contributed by atoms with Gasteiger partial charge in [-0.15, -0.1) is 5.10 Å². The zero-order valence-electron chi connectivity index (χ0n) is 9.43. The van der Waals surface area contributed by atoms with E-state index < -0.39 is 0 Å². The summed E-state index contributed by atoms with van der Waals surface area (Å²) in [5.41, 5.74) is 8.33. The van der Waals surface area contributed by atoms with Crippen molar-refractivity contribution in [2.24, 2.45) is 16.7 Å². The first-order valence-corrected chi connectivity index (χ1v) is 5.57. The van der Waals surface area contributed by atoms with Gasteiger partial charge in [-0.1, -0.05) is 36.4 Å². The van der Waals surface area contributed by atoms with Crippen molar-refractivity contribution in [3.05, 3.63) is 47.5 Å². The Bertz CT molecular complexity index is 563. The van der Waals surface area contributed by atoms with Gasteiger partial charge in [0.25, 0.3) is 0 Å². The summed E-state index contributed by atoms with van der Waals surface area (Å²) >= 11 is 0. The topological polar surface area (TPSA) is 67.6 Å². The molecule has 0 saturated carbocycles. The van der Waals surface area contributed by atoms with Gasteiger partial charge >= 0.3 is 0 Å². The molecule has 2 aromatic carbocycles. The highest BCUT2D eigenvalue weighted by atomic mass is 15.3. The Hall–Kier alpha value is -2.23. The quantitative estimate of drug-likeness (QED) is 0.308. The van der Waals surface area contributed by atoms with Crippen LogP contribution < -0.4 is 11.6 Å². The van der Waals surface area contributed by atoms with Gasteiger partial charge in [0.15, 0.2) is 0 Å². The Morgan fingerprint density at radius 1 is 1.06 bits per heavy atom. The van der Waals surface area contributed by atoms with E-state index in [1.165, 1.54) is 21.9 Å². The van der Waals surface area contributed by atoms with Gasteiger partial charge in [-0.05, 0) is 21.9 Å². The molecule has 0 saturated heterocycles. The van der Waals surface area contributed by atoms with E-state index in [9.17, 15) is 0 Å². The van der Waals surface area contributed by atoms with Crippen LogP contribution >= 0.6 is 0 Å². The molecule has 4 N–H and O–H groups in total. The minimum atomic E-state index is 0.386. The lowest BCUT2D eigenvalue weighted by Crippen LogP contribution is -2.38. The van der Waals surface area contributed by atoms with Crippen LogP contribution in [0, 0.1) is 0 Å². The molecule has 0 amide bonds. The monoisotopic (exact) mass is 226 g/mol. The SMILES string of the molecule is N/N=C(/N)N1Cc2cccc3cccc(c23)C1. The zero-order chi connectivity index (χ0) is 11.8. The number of nitrogens with two attached hydrogens (primary N) is 2. The van der Waals surface area contributed by atoms with E-state index in [0.717, 1.165) is 13.1 Å². The predicted octanol–water partition coefficient (Wildman–Crippen LogP) is 1.34. The summed E-state index contributed by atoms with van der Waals surface area (Å²) in [7, 11) is 0. The van der Waals surface area contributed by atoms with Crippen molar-refractivity contribution in [2.75, 3.05) is 0 Å². The molecule has 0 unspecified atom stereocenters. The fourth-order valence-corrected chi connectivity index (χ4v) is 2.48. The van der Waals surface area contributed by atoms with Crippen molar-refractivity contribution >= 4 is 16.7 Å². The molecule has 4 nitrogen and oxygen atoms in total. The van der Waals surface area contributed by atoms with Crippen LogP contribution in [0.3, 0.4) is 0 Å². The number of rotatable bonds is 0. The van der Waals surface area contributed by atoms with Crippen molar-refractivity contribution in [1.29, 1.82) is 0 Å². The van der Waals surface area contributed by atoms with Gasteiger partial charge in [-0.2, -0.15) is 0 Å². The third-order valence-electron chi connectivity index (χ3n) is 3.26. The van der Waals surface area contributed by atoms with Gasteiger partial charge in [0.1, 0.15) is 0 Å². The fourth-order valence-electron chi connectivity index (χ4n) is 2.48. The van der Waals surface area contributed by atoms with Crippen LogP contribution in [0.5, 0.6) is 0 Å². The lowest BCUT2D eigenvalue weighted by Gasteiger charge is -2.29. The number of hydrogen-bond donors (Lipinski definition) is 2. The second kappa shape index (κ2) is 3.66. The van der Waals surface area contributed by atoms with Crippen LogP contribution in [0.2, 0.25) is 0 Å². The van der Waals surface area contributed by atoms with E-state index >= 15 is 0 Å². The zero-order valence-corrected chi connectivity index (χ0v) is 9.43. The second-order valence-electron chi connectivity index (χ2n) is 4.28. The number of nitrogens with zero attached hydrogens (tertiary/aromatic N) is 2.